The van der Waals surface area contributed by atoms with E-state index in [-0.39, 0.29) is 29.6 Å². The van der Waals surface area contributed by atoms with Crippen LogP contribution >= 0.6 is 0 Å². The van der Waals surface area contributed by atoms with Gasteiger partial charge in [0.05, 0.1) is 0 Å². The molecular weight excluding hydrogens is 75.0 g/mol. The van der Waals surface area contributed by atoms with Gasteiger partial charge in [-0.05, 0) is 0 Å². The third kappa shape index (κ3) is 11.9. The van der Waals surface area contributed by atoms with E-state index in [2.05, 4.69) is 0 Å². The Kier molecular flexibility index (Phi) is 16.2. The van der Waals surface area contributed by atoms with E-state index in [1.165, 1.54) is 0 Å². The molecule has 2 heteroatoms. The predicted octanol–water partition coefficient (Wildman–Crippen LogP) is -0.0532. The summed E-state index contributed by atoms with van der Waals surface area (Å²) in [6.45, 7) is 1.81. The zero-order chi connectivity index (χ0) is 3.41. The maximum atomic E-state index is 9.17. The summed E-state index contributed by atoms with van der Waals surface area (Å²) in [6.07, 6.45) is 1.51. The van der Waals surface area contributed by atoms with Gasteiger partial charge in [-0.3, -0.25) is 0 Å². The summed E-state index contributed by atoms with van der Waals surface area (Å²) in [6, 6.07) is 0. The molecule has 0 radical (unpaired) electrons. The third-order valence-electron chi connectivity index (χ3n) is 0.167. The van der Waals surface area contributed by atoms with Crippen LogP contribution in [0.25, 0.3) is 0 Å². The molecule has 26 valence electrons. The molecule has 0 aromatic carbocycles. The molecule has 0 heterocycles. The van der Waals surface area contributed by atoms with Gasteiger partial charge in [0, 0.05) is 6.42 Å². The van der Waals surface area contributed by atoms with Crippen molar-refractivity contribution >= 4 is 35.8 Å². The standard InChI is InChI=1S/C3H6O.Na.H/c1-2-3-4;;/h3H,2H2,1H3;;. The van der Waals surface area contributed by atoms with Gasteiger partial charge in [-0.2, -0.15) is 0 Å². The van der Waals surface area contributed by atoms with Gasteiger partial charge in [0.2, 0.25) is 0 Å². The van der Waals surface area contributed by atoms with Crippen molar-refractivity contribution in [3.05, 3.63) is 0 Å². The second kappa shape index (κ2) is 8.82. The van der Waals surface area contributed by atoms with Gasteiger partial charge < -0.3 is 4.79 Å². The summed E-state index contributed by atoms with van der Waals surface area (Å²) in [7, 11) is 0. The van der Waals surface area contributed by atoms with Crippen molar-refractivity contribution in [2.45, 2.75) is 13.3 Å². The van der Waals surface area contributed by atoms with Crippen LogP contribution in [0.3, 0.4) is 0 Å². The molecule has 5 heavy (non-hydrogen) atoms. The molecule has 0 aromatic rings. The van der Waals surface area contributed by atoms with E-state index in [0.29, 0.717) is 6.42 Å². The zero-order valence-corrected chi connectivity index (χ0v) is 2.69. The average molecular weight is 82.1 g/mol. The SMILES string of the molecule is CCC=O.[NaH]. The second-order valence-electron chi connectivity index (χ2n) is 0.575. The Morgan fingerprint density at radius 2 is 2.00 bits per heavy atom. The van der Waals surface area contributed by atoms with Crippen molar-refractivity contribution in [1.82, 2.24) is 0 Å². The quantitative estimate of drug-likeness (QED) is 0.320. The molecule has 0 rings (SSSR count). The monoisotopic (exact) mass is 82.0 g/mol. The molecule has 0 aromatic heterocycles. The molecule has 0 saturated heterocycles. The minimum atomic E-state index is 0. The van der Waals surface area contributed by atoms with Crippen LogP contribution in [0.5, 0.6) is 0 Å². The van der Waals surface area contributed by atoms with Gasteiger partial charge in [0.1, 0.15) is 6.29 Å². The molecule has 0 spiro atoms. The van der Waals surface area contributed by atoms with Crippen LogP contribution < -0.4 is 0 Å². The van der Waals surface area contributed by atoms with Gasteiger partial charge in [-0.15, -0.1) is 0 Å². The number of carbonyl (C=O) groups is 1. The summed E-state index contributed by atoms with van der Waals surface area (Å²) >= 11 is 0. The maximum absolute atomic E-state index is 9.17. The van der Waals surface area contributed by atoms with E-state index in [9.17, 15) is 4.79 Å². The van der Waals surface area contributed by atoms with Crippen molar-refractivity contribution in [2.75, 3.05) is 0 Å². The second-order valence-corrected chi connectivity index (χ2v) is 0.575. The van der Waals surface area contributed by atoms with Crippen molar-refractivity contribution in [3.63, 3.8) is 0 Å². The molecule has 0 unspecified atom stereocenters. The molecular formula is C3H7NaO. The van der Waals surface area contributed by atoms with Crippen molar-refractivity contribution in [1.29, 1.82) is 0 Å². The normalized spacial score (nSPS) is 5.00. The Balaban J connectivity index is 0. The first kappa shape index (κ1) is 9.18. The van der Waals surface area contributed by atoms with Gasteiger partial charge in [-0.1, -0.05) is 6.92 Å². The number of hydrogen-bond donors (Lipinski definition) is 0. The number of hydrogen-bond acceptors (Lipinski definition) is 1. The Morgan fingerprint density at radius 3 is 2.00 bits per heavy atom. The van der Waals surface area contributed by atoms with Gasteiger partial charge >= 0.3 is 29.6 Å². The van der Waals surface area contributed by atoms with E-state index in [1.54, 1.807) is 0 Å². The first-order valence-corrected chi connectivity index (χ1v) is 1.35. The topological polar surface area (TPSA) is 17.1 Å². The molecule has 0 fully saturated rings. The first-order valence-electron chi connectivity index (χ1n) is 1.35. The van der Waals surface area contributed by atoms with Gasteiger partial charge in [-0.25, -0.2) is 0 Å². The van der Waals surface area contributed by atoms with E-state index in [1.807, 2.05) is 6.92 Å². The Labute approximate surface area is 54.0 Å². The van der Waals surface area contributed by atoms with Crippen LogP contribution in [0.2, 0.25) is 0 Å². The molecule has 0 bridgehead atoms. The average Bonchev–Trinajstić information content (AvgIpc) is 1.37. The Bertz CT molecular complexity index is 20.9. The summed E-state index contributed by atoms with van der Waals surface area (Å²) in [5, 5.41) is 0. The molecule has 1 nitrogen and oxygen atoms in total. The predicted molar refractivity (Wildman–Crippen MR) is 23.5 cm³/mol. The van der Waals surface area contributed by atoms with Crippen molar-refractivity contribution in [2.24, 2.45) is 0 Å². The van der Waals surface area contributed by atoms with E-state index in [4.69, 9.17) is 0 Å². The Hall–Kier alpha value is 0.670. The molecule has 0 aliphatic heterocycles. The van der Waals surface area contributed by atoms with Crippen LogP contribution in [0, 0.1) is 0 Å². The summed E-state index contributed by atoms with van der Waals surface area (Å²) in [5.74, 6) is 0. The van der Waals surface area contributed by atoms with Crippen LogP contribution in [0.1, 0.15) is 13.3 Å². The Morgan fingerprint density at radius 1 is 1.80 bits per heavy atom. The molecule has 0 aliphatic rings. The number of rotatable bonds is 1. The fraction of sp³-hybridized carbons (Fsp3) is 0.667. The van der Waals surface area contributed by atoms with Gasteiger partial charge in [0.15, 0.2) is 0 Å². The van der Waals surface area contributed by atoms with Crippen molar-refractivity contribution < 1.29 is 4.79 Å². The molecule has 0 amide bonds. The number of aldehydes is 1. The van der Waals surface area contributed by atoms with E-state index >= 15 is 0 Å². The summed E-state index contributed by atoms with van der Waals surface area (Å²) < 4.78 is 0. The number of carbonyl (C=O) groups excluding carboxylic acids is 1. The molecule has 0 aliphatic carbocycles. The molecule has 0 N–H and O–H groups in total. The minimum absolute atomic E-state index is 0. The van der Waals surface area contributed by atoms with Crippen LogP contribution in [0.15, 0.2) is 0 Å². The third-order valence-corrected chi connectivity index (χ3v) is 0.167. The fourth-order valence-corrected chi connectivity index (χ4v) is 0. The van der Waals surface area contributed by atoms with Crippen molar-refractivity contribution in [3.8, 4) is 0 Å². The summed E-state index contributed by atoms with van der Waals surface area (Å²) in [5.41, 5.74) is 0. The molecule has 0 saturated carbocycles. The van der Waals surface area contributed by atoms with E-state index < -0.39 is 0 Å². The zero-order valence-electron chi connectivity index (χ0n) is 2.69. The first-order chi connectivity index (χ1) is 1.91. The fourth-order valence-electron chi connectivity index (χ4n) is 0. The molecule has 0 atom stereocenters. The summed E-state index contributed by atoms with van der Waals surface area (Å²) in [4.78, 5) is 9.17. The van der Waals surface area contributed by atoms with Crippen LogP contribution in [-0.4, -0.2) is 35.8 Å². The van der Waals surface area contributed by atoms with E-state index in [0.717, 1.165) is 6.29 Å². The van der Waals surface area contributed by atoms with Crippen LogP contribution in [-0.2, 0) is 4.79 Å². The van der Waals surface area contributed by atoms with Crippen LogP contribution in [0.4, 0.5) is 0 Å². The van der Waals surface area contributed by atoms with Gasteiger partial charge in [0.25, 0.3) is 0 Å².